The van der Waals surface area contributed by atoms with E-state index in [1.54, 1.807) is 7.11 Å². The van der Waals surface area contributed by atoms with Gasteiger partial charge in [-0.1, -0.05) is 49.5 Å². The molecule has 1 N–H and O–H groups in total. The molecule has 2 nitrogen and oxygen atoms in total. The van der Waals surface area contributed by atoms with Gasteiger partial charge in [0.1, 0.15) is 13.8 Å². The lowest BCUT2D eigenvalue weighted by molar-refractivity contribution is 0.415. The molecule has 26 heavy (non-hydrogen) atoms. The standard InChI is InChI=1S/C23H23NOSi/c1-15-7-5-6-8-18(15)23-19-11-9-16(24)13-21(19)26(3,4)22-14-17(25-2)10-12-20(22)23/h5-14,24H,1-4H3. The van der Waals surface area contributed by atoms with Crippen LogP contribution in [0.4, 0.5) is 0 Å². The molecular weight excluding hydrogens is 334 g/mol. The summed E-state index contributed by atoms with van der Waals surface area (Å²) < 4.78 is 5.53. The van der Waals surface area contributed by atoms with Crippen LogP contribution in [0.15, 0.2) is 71.5 Å². The molecule has 0 saturated carbocycles. The smallest absolute Gasteiger partial charge is 0.118 e. The first-order chi connectivity index (χ1) is 12.4. The fourth-order valence-corrected chi connectivity index (χ4v) is 7.17. The Morgan fingerprint density at radius 2 is 1.73 bits per heavy atom. The fraction of sp³-hybridized carbons (Fsp3) is 0.174. The Kier molecular flexibility index (Phi) is 3.85. The number of ether oxygens (including phenoxy) is 1. The number of benzene rings is 2. The third kappa shape index (κ3) is 2.43. The molecule has 4 rings (SSSR count). The van der Waals surface area contributed by atoms with E-state index in [1.165, 1.54) is 38.2 Å². The maximum Gasteiger partial charge on any atom is 0.118 e. The van der Waals surface area contributed by atoms with Gasteiger partial charge in [0.15, 0.2) is 0 Å². The zero-order valence-corrected chi connectivity index (χ0v) is 16.7. The van der Waals surface area contributed by atoms with Gasteiger partial charge in [-0.25, -0.2) is 0 Å². The van der Waals surface area contributed by atoms with Crippen molar-refractivity contribution in [3.8, 4) is 5.75 Å². The van der Waals surface area contributed by atoms with Gasteiger partial charge in [-0.05, 0) is 69.4 Å². The van der Waals surface area contributed by atoms with Crippen LogP contribution in [0.3, 0.4) is 0 Å². The van der Waals surface area contributed by atoms with Gasteiger partial charge >= 0.3 is 0 Å². The van der Waals surface area contributed by atoms with Crippen LogP contribution < -0.4 is 9.92 Å². The van der Waals surface area contributed by atoms with E-state index in [4.69, 9.17) is 10.1 Å². The topological polar surface area (TPSA) is 33.1 Å². The van der Waals surface area contributed by atoms with Crippen LogP contribution in [0.2, 0.25) is 13.1 Å². The highest BCUT2D eigenvalue weighted by atomic mass is 28.3. The number of aryl methyl sites for hydroxylation is 1. The average Bonchev–Trinajstić information content (AvgIpc) is 2.63. The second kappa shape index (κ2) is 5.96. The summed E-state index contributed by atoms with van der Waals surface area (Å²) in [6.45, 7) is 6.91. The van der Waals surface area contributed by atoms with E-state index in [-0.39, 0.29) is 0 Å². The third-order valence-corrected chi connectivity index (χ3v) is 9.07. The Balaban J connectivity index is 2.12. The molecule has 0 spiro atoms. The van der Waals surface area contributed by atoms with Crippen molar-refractivity contribution in [2.45, 2.75) is 20.0 Å². The summed E-state index contributed by atoms with van der Waals surface area (Å²) in [7, 11) is -0.201. The van der Waals surface area contributed by atoms with Crippen molar-refractivity contribution in [2.75, 3.05) is 7.11 Å². The van der Waals surface area contributed by atoms with Crippen molar-refractivity contribution in [1.29, 1.82) is 5.41 Å². The van der Waals surface area contributed by atoms with Gasteiger partial charge in [-0.15, -0.1) is 0 Å². The predicted octanol–water partition coefficient (Wildman–Crippen LogP) is 4.79. The SMILES string of the molecule is COc1ccc2c(c1)[Si](C)(C)C1=CC(=N)C=CC1=C2c1ccccc1C. The number of hydrogen-bond acceptors (Lipinski definition) is 2. The first kappa shape index (κ1) is 16.8. The molecule has 2 aliphatic rings. The Hall–Kier alpha value is -2.65. The zero-order valence-electron chi connectivity index (χ0n) is 15.7. The minimum absolute atomic E-state index is 0.583. The van der Waals surface area contributed by atoms with E-state index in [2.05, 4.69) is 74.6 Å². The molecule has 0 amide bonds. The molecule has 1 aliphatic heterocycles. The monoisotopic (exact) mass is 357 g/mol. The van der Waals surface area contributed by atoms with E-state index >= 15 is 0 Å². The summed E-state index contributed by atoms with van der Waals surface area (Å²) in [6.07, 6.45) is 6.12. The summed E-state index contributed by atoms with van der Waals surface area (Å²) >= 11 is 0. The molecule has 0 unspecified atom stereocenters. The van der Waals surface area contributed by atoms with Crippen molar-refractivity contribution in [1.82, 2.24) is 0 Å². The molecule has 0 aromatic heterocycles. The fourth-order valence-electron chi connectivity index (χ4n) is 4.10. The van der Waals surface area contributed by atoms with Crippen molar-refractivity contribution in [3.63, 3.8) is 0 Å². The van der Waals surface area contributed by atoms with Gasteiger partial charge in [0, 0.05) is 0 Å². The van der Waals surface area contributed by atoms with Crippen LogP contribution in [0, 0.1) is 12.3 Å². The van der Waals surface area contributed by atoms with Crippen molar-refractivity contribution >= 4 is 24.5 Å². The van der Waals surface area contributed by atoms with E-state index < -0.39 is 8.07 Å². The molecule has 1 heterocycles. The summed E-state index contributed by atoms with van der Waals surface area (Å²) in [5.74, 6) is 0.902. The number of hydrogen-bond donors (Lipinski definition) is 1. The van der Waals surface area contributed by atoms with E-state index in [1.807, 2.05) is 6.08 Å². The number of fused-ring (bicyclic) bond motifs is 2. The second-order valence-electron chi connectivity index (χ2n) is 7.49. The van der Waals surface area contributed by atoms with Crippen LogP contribution in [0.1, 0.15) is 16.7 Å². The highest BCUT2D eigenvalue weighted by Gasteiger charge is 2.39. The van der Waals surface area contributed by atoms with Crippen LogP contribution in [0.5, 0.6) is 5.75 Å². The van der Waals surface area contributed by atoms with E-state index in [9.17, 15) is 0 Å². The molecule has 0 bridgehead atoms. The average molecular weight is 358 g/mol. The highest BCUT2D eigenvalue weighted by molar-refractivity contribution is 6.98. The molecule has 2 aromatic carbocycles. The number of allylic oxidation sites excluding steroid dienone is 5. The van der Waals surface area contributed by atoms with E-state index in [0.29, 0.717) is 5.71 Å². The molecule has 1 aliphatic carbocycles. The Morgan fingerprint density at radius 3 is 2.46 bits per heavy atom. The lowest BCUT2D eigenvalue weighted by atomic mass is 9.88. The maximum absolute atomic E-state index is 8.18. The first-order valence-electron chi connectivity index (χ1n) is 8.92. The minimum atomic E-state index is -1.92. The Bertz CT molecular complexity index is 1020. The molecular formula is C23H23NOSi. The van der Waals surface area contributed by atoms with Gasteiger partial charge in [0.2, 0.25) is 0 Å². The van der Waals surface area contributed by atoms with E-state index in [0.717, 1.165) is 5.75 Å². The Morgan fingerprint density at radius 1 is 0.962 bits per heavy atom. The second-order valence-corrected chi connectivity index (χ2v) is 11.8. The van der Waals surface area contributed by atoms with Gasteiger partial charge in [0.25, 0.3) is 0 Å². The first-order valence-corrected chi connectivity index (χ1v) is 11.9. The van der Waals surface area contributed by atoms with Crippen LogP contribution in [-0.2, 0) is 0 Å². The molecule has 0 radical (unpaired) electrons. The van der Waals surface area contributed by atoms with Gasteiger partial charge < -0.3 is 10.1 Å². The van der Waals surface area contributed by atoms with Crippen LogP contribution in [0.25, 0.3) is 5.57 Å². The van der Waals surface area contributed by atoms with Gasteiger partial charge in [-0.2, -0.15) is 0 Å². The van der Waals surface area contributed by atoms with Crippen LogP contribution >= 0.6 is 0 Å². The molecule has 0 atom stereocenters. The molecule has 2 aromatic rings. The largest absolute Gasteiger partial charge is 0.497 e. The maximum atomic E-state index is 8.18. The molecule has 0 saturated heterocycles. The number of nitrogens with one attached hydrogen (secondary N) is 1. The summed E-state index contributed by atoms with van der Waals surface area (Å²) in [4.78, 5) is 0. The molecule has 3 heteroatoms. The summed E-state index contributed by atoms with van der Waals surface area (Å²) in [6, 6.07) is 15.0. The third-order valence-electron chi connectivity index (χ3n) is 5.55. The lowest BCUT2D eigenvalue weighted by Gasteiger charge is -2.38. The molecule has 130 valence electrons. The Labute approximate surface area is 156 Å². The van der Waals surface area contributed by atoms with Crippen LogP contribution in [-0.4, -0.2) is 20.9 Å². The predicted molar refractivity (Wildman–Crippen MR) is 112 cm³/mol. The van der Waals surface area contributed by atoms with Gasteiger partial charge in [0.05, 0.1) is 12.8 Å². The minimum Gasteiger partial charge on any atom is -0.497 e. The van der Waals surface area contributed by atoms with Gasteiger partial charge in [-0.3, -0.25) is 0 Å². The molecule has 0 fully saturated rings. The summed E-state index contributed by atoms with van der Waals surface area (Å²) in [5.41, 5.74) is 6.99. The zero-order chi connectivity index (χ0) is 18.5. The summed E-state index contributed by atoms with van der Waals surface area (Å²) in [5, 5.41) is 10.9. The highest BCUT2D eigenvalue weighted by Crippen LogP contribution is 2.42. The quantitative estimate of drug-likeness (QED) is 0.770. The number of methoxy groups -OCH3 is 1. The van der Waals surface area contributed by atoms with Crippen molar-refractivity contribution < 1.29 is 4.74 Å². The normalized spacial score (nSPS) is 17.5. The van der Waals surface area contributed by atoms with Crippen molar-refractivity contribution in [3.05, 3.63) is 88.2 Å². The lowest BCUT2D eigenvalue weighted by Crippen LogP contribution is -2.49. The van der Waals surface area contributed by atoms with Crippen molar-refractivity contribution in [2.24, 2.45) is 0 Å². The number of rotatable bonds is 2.